The van der Waals surface area contributed by atoms with Crippen LogP contribution in [0.5, 0.6) is 17.2 Å². The Labute approximate surface area is 127 Å². The van der Waals surface area contributed by atoms with Crippen LogP contribution in [0.2, 0.25) is 5.02 Å². The molecule has 7 heteroatoms. The van der Waals surface area contributed by atoms with E-state index in [1.54, 1.807) is 0 Å². The maximum atomic E-state index is 9.74. The summed E-state index contributed by atoms with van der Waals surface area (Å²) in [4.78, 5) is 0. The van der Waals surface area contributed by atoms with Crippen molar-refractivity contribution in [3.8, 4) is 17.2 Å². The van der Waals surface area contributed by atoms with Crippen molar-refractivity contribution in [1.29, 1.82) is 0 Å². The number of benzene rings is 1. The molecule has 0 aliphatic carbocycles. The highest BCUT2D eigenvalue weighted by atomic mass is 35.5. The number of ether oxygens (including phenoxy) is 3. The van der Waals surface area contributed by atoms with Crippen LogP contribution in [0.15, 0.2) is 6.07 Å². The fraction of sp³-hybridized carbons (Fsp3) is 0.571. The summed E-state index contributed by atoms with van der Waals surface area (Å²) in [5.41, 5.74) is 0.131. The number of phenolic OH excluding ortho intramolecular Hbond substituents is 1. The second-order valence-corrected chi connectivity index (χ2v) is 5.09. The van der Waals surface area contributed by atoms with Crippen LogP contribution in [0.3, 0.4) is 0 Å². The molecule has 1 unspecified atom stereocenters. The fourth-order valence-corrected chi connectivity index (χ4v) is 2.27. The van der Waals surface area contributed by atoms with Gasteiger partial charge in [0.25, 0.3) is 0 Å². The Morgan fingerprint density at radius 1 is 1.29 bits per heavy atom. The van der Waals surface area contributed by atoms with Crippen LogP contribution in [0.4, 0.5) is 0 Å². The number of aliphatic hydroxyl groups excluding tert-OH is 1. The summed E-state index contributed by atoms with van der Waals surface area (Å²) >= 11 is 5.69. The SMILES string of the molecule is OCc1c(OCCOC2CCCCO2)cc(O)c(Cl)c1O. The number of aromatic hydroxyl groups is 2. The number of rotatable bonds is 6. The molecule has 1 aliphatic rings. The lowest BCUT2D eigenvalue weighted by Crippen LogP contribution is -2.24. The normalized spacial score (nSPS) is 18.7. The molecular weight excluding hydrogens is 300 g/mol. The quantitative estimate of drug-likeness (QED) is 0.697. The lowest BCUT2D eigenvalue weighted by Gasteiger charge is -2.22. The van der Waals surface area contributed by atoms with Crippen LogP contribution >= 0.6 is 11.6 Å². The topological polar surface area (TPSA) is 88.4 Å². The van der Waals surface area contributed by atoms with E-state index in [-0.39, 0.29) is 40.7 Å². The monoisotopic (exact) mass is 318 g/mol. The lowest BCUT2D eigenvalue weighted by molar-refractivity contribution is -0.165. The van der Waals surface area contributed by atoms with Crippen molar-refractivity contribution in [2.45, 2.75) is 32.2 Å². The van der Waals surface area contributed by atoms with Crippen LogP contribution in [0.25, 0.3) is 0 Å². The van der Waals surface area contributed by atoms with Crippen molar-refractivity contribution in [1.82, 2.24) is 0 Å². The van der Waals surface area contributed by atoms with Crippen molar-refractivity contribution in [2.75, 3.05) is 19.8 Å². The Kier molecular flexibility index (Phi) is 5.93. The van der Waals surface area contributed by atoms with E-state index in [0.29, 0.717) is 13.2 Å². The van der Waals surface area contributed by atoms with E-state index < -0.39 is 6.61 Å². The highest BCUT2D eigenvalue weighted by molar-refractivity contribution is 6.33. The van der Waals surface area contributed by atoms with Crippen LogP contribution in [0, 0.1) is 0 Å². The molecule has 0 bridgehead atoms. The summed E-state index contributed by atoms with van der Waals surface area (Å²) in [7, 11) is 0. The molecule has 21 heavy (non-hydrogen) atoms. The van der Waals surface area contributed by atoms with Crippen molar-refractivity contribution in [2.24, 2.45) is 0 Å². The maximum absolute atomic E-state index is 9.74. The molecule has 1 fully saturated rings. The van der Waals surface area contributed by atoms with Crippen LogP contribution in [-0.4, -0.2) is 41.4 Å². The van der Waals surface area contributed by atoms with E-state index in [1.807, 2.05) is 0 Å². The van der Waals surface area contributed by atoms with Gasteiger partial charge in [-0.2, -0.15) is 0 Å². The predicted molar refractivity (Wildman–Crippen MR) is 75.7 cm³/mol. The molecular formula is C14H19ClO6. The van der Waals surface area contributed by atoms with Gasteiger partial charge in [0.1, 0.15) is 28.9 Å². The molecule has 1 heterocycles. The second-order valence-electron chi connectivity index (χ2n) is 4.71. The first-order valence-electron chi connectivity index (χ1n) is 6.83. The summed E-state index contributed by atoms with van der Waals surface area (Å²) < 4.78 is 16.3. The van der Waals surface area contributed by atoms with Crippen LogP contribution < -0.4 is 4.74 Å². The number of phenols is 2. The molecule has 0 spiro atoms. The van der Waals surface area contributed by atoms with Crippen molar-refractivity contribution >= 4 is 11.6 Å². The molecule has 3 N–H and O–H groups in total. The number of halogens is 1. The summed E-state index contributed by atoms with van der Waals surface area (Å²) in [5.74, 6) is -0.520. The van der Waals surface area contributed by atoms with E-state index in [4.69, 9.17) is 25.8 Å². The number of aliphatic hydroxyl groups is 1. The van der Waals surface area contributed by atoms with E-state index in [1.165, 1.54) is 6.07 Å². The van der Waals surface area contributed by atoms with Gasteiger partial charge in [0, 0.05) is 12.7 Å². The third kappa shape index (κ3) is 4.14. The summed E-state index contributed by atoms with van der Waals surface area (Å²) in [6.07, 6.45) is 2.80. The summed E-state index contributed by atoms with van der Waals surface area (Å²) in [6, 6.07) is 1.25. The van der Waals surface area contributed by atoms with Crippen LogP contribution in [0.1, 0.15) is 24.8 Å². The van der Waals surface area contributed by atoms with Crippen molar-refractivity contribution in [3.63, 3.8) is 0 Å². The first kappa shape index (κ1) is 16.2. The third-order valence-electron chi connectivity index (χ3n) is 3.22. The molecule has 1 aromatic rings. The zero-order valence-electron chi connectivity index (χ0n) is 11.5. The third-order valence-corrected chi connectivity index (χ3v) is 3.60. The van der Waals surface area contributed by atoms with E-state index in [2.05, 4.69) is 0 Å². The molecule has 118 valence electrons. The van der Waals surface area contributed by atoms with Gasteiger partial charge in [-0.1, -0.05) is 11.6 Å². The van der Waals surface area contributed by atoms with Crippen molar-refractivity contribution < 1.29 is 29.5 Å². The minimum absolute atomic E-state index is 0.131. The van der Waals surface area contributed by atoms with Gasteiger partial charge in [0.15, 0.2) is 6.29 Å². The van der Waals surface area contributed by atoms with E-state index >= 15 is 0 Å². The largest absolute Gasteiger partial charge is 0.506 e. The Balaban J connectivity index is 1.87. The first-order valence-corrected chi connectivity index (χ1v) is 7.21. The molecule has 6 nitrogen and oxygen atoms in total. The molecule has 1 aromatic carbocycles. The van der Waals surface area contributed by atoms with Gasteiger partial charge in [-0.15, -0.1) is 0 Å². The zero-order chi connectivity index (χ0) is 15.2. The fourth-order valence-electron chi connectivity index (χ4n) is 2.10. The highest BCUT2D eigenvalue weighted by Crippen LogP contribution is 2.41. The van der Waals surface area contributed by atoms with E-state index in [0.717, 1.165) is 19.3 Å². The molecule has 0 radical (unpaired) electrons. The number of hydrogen-bond donors (Lipinski definition) is 3. The van der Waals surface area contributed by atoms with E-state index in [9.17, 15) is 15.3 Å². The smallest absolute Gasteiger partial charge is 0.157 e. The average molecular weight is 319 g/mol. The summed E-state index contributed by atoms with van der Waals surface area (Å²) in [6.45, 7) is 0.764. The van der Waals surface area contributed by atoms with Gasteiger partial charge >= 0.3 is 0 Å². The van der Waals surface area contributed by atoms with Gasteiger partial charge in [-0.05, 0) is 19.3 Å². The van der Waals surface area contributed by atoms with Gasteiger partial charge in [0.05, 0.1) is 18.8 Å². The molecule has 0 aromatic heterocycles. The Morgan fingerprint density at radius 3 is 2.76 bits per heavy atom. The molecule has 0 saturated carbocycles. The van der Waals surface area contributed by atoms with Gasteiger partial charge in [-0.3, -0.25) is 0 Å². The molecule has 2 rings (SSSR count). The highest BCUT2D eigenvalue weighted by Gasteiger charge is 2.17. The molecule has 1 atom stereocenters. The summed E-state index contributed by atoms with van der Waals surface area (Å²) in [5, 5.41) is 28.3. The Bertz CT molecular complexity index is 473. The van der Waals surface area contributed by atoms with Crippen molar-refractivity contribution in [3.05, 3.63) is 16.7 Å². The minimum atomic E-state index is -0.451. The standard InChI is InChI=1S/C14H19ClO6/c15-13-10(17)7-11(9(8-16)14(13)18)19-5-6-21-12-3-1-2-4-20-12/h7,12,16-18H,1-6,8H2. The maximum Gasteiger partial charge on any atom is 0.157 e. The molecule has 1 aliphatic heterocycles. The first-order chi connectivity index (χ1) is 10.1. The molecule has 0 amide bonds. The van der Waals surface area contributed by atoms with Crippen LogP contribution in [-0.2, 0) is 16.1 Å². The lowest BCUT2D eigenvalue weighted by atomic mass is 10.1. The van der Waals surface area contributed by atoms with Gasteiger partial charge < -0.3 is 29.5 Å². The Hall–Kier alpha value is -1.21. The van der Waals surface area contributed by atoms with Gasteiger partial charge in [0.2, 0.25) is 0 Å². The van der Waals surface area contributed by atoms with Gasteiger partial charge in [-0.25, -0.2) is 0 Å². The second kappa shape index (κ2) is 7.70. The Morgan fingerprint density at radius 2 is 2.10 bits per heavy atom. The number of hydrogen-bond acceptors (Lipinski definition) is 6. The average Bonchev–Trinajstić information content (AvgIpc) is 2.50. The zero-order valence-corrected chi connectivity index (χ0v) is 12.3. The molecule has 1 saturated heterocycles. The minimum Gasteiger partial charge on any atom is -0.506 e. The predicted octanol–water partition coefficient (Wildman–Crippen LogP) is 2.17.